The Bertz CT molecular complexity index is 1230. The van der Waals surface area contributed by atoms with Crippen LogP contribution in [0.1, 0.15) is 31.0 Å². The molecule has 0 saturated carbocycles. The molecular weight excluding hydrogens is 438 g/mol. The Morgan fingerprint density at radius 3 is 2.61 bits per heavy atom. The molecule has 4 rings (SSSR count). The average molecular weight is 463 g/mol. The molecule has 1 N–H and O–H groups in total. The van der Waals surface area contributed by atoms with Crippen LogP contribution in [0.25, 0.3) is 6.08 Å². The van der Waals surface area contributed by atoms with Crippen molar-refractivity contribution in [2.75, 3.05) is 16.0 Å². The van der Waals surface area contributed by atoms with Gasteiger partial charge in [-0.05, 0) is 54.8 Å². The molecule has 8 nitrogen and oxygen atoms in total. The summed E-state index contributed by atoms with van der Waals surface area (Å²) in [6.07, 6.45) is 3.41. The molecule has 2 amide bonds. The first-order valence-corrected chi connectivity index (χ1v) is 11.5. The highest BCUT2D eigenvalue weighted by molar-refractivity contribution is 8.14. The molecule has 0 bridgehead atoms. The largest absolute Gasteiger partial charge is 0.302 e. The van der Waals surface area contributed by atoms with Crippen LogP contribution in [-0.2, 0) is 9.59 Å². The van der Waals surface area contributed by atoms with Gasteiger partial charge in [0.15, 0.2) is 11.2 Å². The van der Waals surface area contributed by atoms with Crippen LogP contribution >= 0.6 is 11.8 Å². The summed E-state index contributed by atoms with van der Waals surface area (Å²) in [4.78, 5) is 31.8. The van der Waals surface area contributed by atoms with Crippen molar-refractivity contribution in [3.63, 3.8) is 0 Å². The average Bonchev–Trinajstić information content (AvgIpc) is 3.39. The third-order valence-electron chi connectivity index (χ3n) is 4.93. The zero-order chi connectivity index (χ0) is 23.4. The van der Waals surface area contributed by atoms with Crippen molar-refractivity contribution in [3.05, 3.63) is 77.6 Å². The Morgan fingerprint density at radius 1 is 1.18 bits per heavy atom. The van der Waals surface area contributed by atoms with Crippen molar-refractivity contribution in [3.8, 4) is 0 Å². The summed E-state index contributed by atoms with van der Waals surface area (Å²) in [6.45, 7) is 5.90. The van der Waals surface area contributed by atoms with Gasteiger partial charge in [0.05, 0.1) is 11.4 Å². The van der Waals surface area contributed by atoms with Gasteiger partial charge in [-0.15, -0.1) is 0 Å². The van der Waals surface area contributed by atoms with E-state index >= 15 is 0 Å². The molecule has 1 aliphatic rings. The zero-order valence-electron chi connectivity index (χ0n) is 18.6. The third kappa shape index (κ3) is 5.20. The van der Waals surface area contributed by atoms with Gasteiger partial charge >= 0.3 is 5.88 Å². The Labute approximate surface area is 196 Å². The molecule has 168 valence electrons. The van der Waals surface area contributed by atoms with Crippen molar-refractivity contribution in [1.29, 1.82) is 0 Å². The second-order valence-electron chi connectivity index (χ2n) is 7.73. The number of aliphatic imine (C=N–C) groups is 1. The minimum Gasteiger partial charge on any atom is -0.288 e. The Kier molecular flexibility index (Phi) is 6.69. The molecule has 1 aromatic heterocycles. The third-order valence-corrected chi connectivity index (χ3v) is 5.87. The van der Waals surface area contributed by atoms with Gasteiger partial charge in [-0.1, -0.05) is 54.2 Å². The second-order valence-corrected chi connectivity index (χ2v) is 8.68. The van der Waals surface area contributed by atoms with E-state index in [2.05, 4.69) is 15.6 Å². The lowest BCUT2D eigenvalue weighted by molar-refractivity contribution is -0.779. The normalized spacial score (nSPS) is 14.8. The molecule has 0 aliphatic carbocycles. The lowest BCUT2D eigenvalue weighted by Crippen LogP contribution is -2.37. The smallest absolute Gasteiger partial charge is 0.288 e. The Balaban J connectivity index is 1.54. The van der Waals surface area contributed by atoms with Gasteiger partial charge in [0.25, 0.3) is 12.1 Å². The van der Waals surface area contributed by atoms with E-state index in [0.29, 0.717) is 16.6 Å². The summed E-state index contributed by atoms with van der Waals surface area (Å²) in [6, 6.07) is 17.2. The number of hydrogen-bond donors (Lipinski definition) is 1. The fourth-order valence-corrected chi connectivity index (χ4v) is 3.97. The molecule has 2 aromatic carbocycles. The minimum absolute atomic E-state index is 0.0511. The first-order chi connectivity index (χ1) is 15.9. The van der Waals surface area contributed by atoms with E-state index in [1.54, 1.807) is 17.0 Å². The minimum atomic E-state index is -0.286. The summed E-state index contributed by atoms with van der Waals surface area (Å²) >= 11 is 1.18. The van der Waals surface area contributed by atoms with Crippen molar-refractivity contribution in [2.24, 2.45) is 4.99 Å². The topological polar surface area (TPSA) is 91.7 Å². The maximum absolute atomic E-state index is 13.2. The number of carbonyl (C=O) groups is 2. The molecule has 0 unspecified atom stereocenters. The number of benzene rings is 2. The van der Waals surface area contributed by atoms with Crippen molar-refractivity contribution < 1.29 is 18.8 Å². The molecule has 33 heavy (non-hydrogen) atoms. The molecule has 2 heterocycles. The first-order valence-electron chi connectivity index (χ1n) is 10.5. The molecule has 3 aromatic rings. The predicted octanol–water partition coefficient (Wildman–Crippen LogP) is 3.97. The first kappa shape index (κ1) is 22.5. The van der Waals surface area contributed by atoms with Crippen LogP contribution in [0.2, 0.25) is 0 Å². The molecular formula is C24H24N5O3S+. The number of nitrogens with zero attached hydrogens (tertiary/aromatic N) is 4. The van der Waals surface area contributed by atoms with Gasteiger partial charge in [-0.25, -0.2) is 4.99 Å². The van der Waals surface area contributed by atoms with Gasteiger partial charge < -0.3 is 0 Å². The van der Waals surface area contributed by atoms with E-state index < -0.39 is 0 Å². The maximum Gasteiger partial charge on any atom is 0.302 e. The van der Waals surface area contributed by atoms with Crippen molar-refractivity contribution in [2.45, 2.75) is 26.8 Å². The van der Waals surface area contributed by atoms with Gasteiger partial charge in [0.2, 0.25) is 11.2 Å². The van der Waals surface area contributed by atoms with Gasteiger partial charge in [-0.3, -0.25) is 24.3 Å². The number of thioether (sulfide) groups is 1. The number of amidine groups is 1. The quantitative estimate of drug-likeness (QED) is 0.442. The van der Waals surface area contributed by atoms with Crippen LogP contribution in [0.4, 0.5) is 11.6 Å². The molecule has 0 fully saturated rings. The molecule has 0 radical (unpaired) electrons. The van der Waals surface area contributed by atoms with E-state index in [4.69, 9.17) is 4.52 Å². The van der Waals surface area contributed by atoms with Crippen LogP contribution in [0.3, 0.4) is 0 Å². The summed E-state index contributed by atoms with van der Waals surface area (Å²) in [5.41, 5.74) is 2.98. The van der Waals surface area contributed by atoms with Gasteiger partial charge in [0, 0.05) is 0 Å². The van der Waals surface area contributed by atoms with Crippen molar-refractivity contribution >= 4 is 46.4 Å². The Morgan fingerprint density at radius 2 is 1.91 bits per heavy atom. The number of nitrogens with one attached hydrogen (secondary N) is 1. The monoisotopic (exact) mass is 462 g/mol. The van der Waals surface area contributed by atoms with E-state index in [-0.39, 0.29) is 29.5 Å². The molecule has 0 spiro atoms. The van der Waals surface area contributed by atoms with E-state index in [1.165, 1.54) is 16.7 Å². The standard InChI is InChI=1S/C24H23N5O3S/c1-16(2)28-14-22(32-27-28)26-21(30)15-33-24-25-20(13-18-10-8-7-9-17(18)3)23(31)29(24)19-11-5-4-6-12-19/h4-14,16H,15H2,1-3H3/p+1/b20-13+. The Hall–Kier alpha value is -3.72. The highest BCUT2D eigenvalue weighted by Gasteiger charge is 2.32. The number of aromatic nitrogens is 2. The van der Waals surface area contributed by atoms with E-state index in [1.807, 2.05) is 75.4 Å². The lowest BCUT2D eigenvalue weighted by Gasteiger charge is -2.17. The second kappa shape index (κ2) is 9.83. The molecule has 1 aliphatic heterocycles. The predicted molar refractivity (Wildman–Crippen MR) is 129 cm³/mol. The van der Waals surface area contributed by atoms with Gasteiger partial charge in [-0.2, -0.15) is 0 Å². The fraction of sp³-hybridized carbons (Fsp3) is 0.208. The van der Waals surface area contributed by atoms with Crippen LogP contribution < -0.4 is 14.9 Å². The molecule has 9 heteroatoms. The number of carbonyl (C=O) groups excluding carboxylic acids is 2. The maximum atomic E-state index is 13.2. The highest BCUT2D eigenvalue weighted by Crippen LogP contribution is 2.29. The highest BCUT2D eigenvalue weighted by atomic mass is 32.2. The van der Waals surface area contributed by atoms with Gasteiger partial charge in [0.1, 0.15) is 5.70 Å². The number of para-hydroxylation sites is 1. The molecule has 0 atom stereocenters. The SMILES string of the molecule is Cc1ccccc1/C=C1/N=C(SCC(=O)Nc2c[n+](C(C)C)no2)N(c2ccccc2)C1=O. The van der Waals surface area contributed by atoms with Crippen LogP contribution in [0, 0.1) is 6.92 Å². The van der Waals surface area contributed by atoms with Crippen molar-refractivity contribution in [1.82, 2.24) is 5.27 Å². The molecule has 0 saturated heterocycles. The number of hydrogen-bond acceptors (Lipinski definition) is 6. The number of rotatable bonds is 6. The van der Waals surface area contributed by atoms with Crippen LogP contribution in [0.5, 0.6) is 0 Å². The lowest BCUT2D eigenvalue weighted by atomic mass is 10.1. The summed E-state index contributed by atoms with van der Waals surface area (Å²) < 4.78 is 6.75. The van der Waals surface area contributed by atoms with E-state index in [9.17, 15) is 9.59 Å². The summed E-state index contributed by atoms with van der Waals surface area (Å²) in [5.74, 6) is -0.207. The number of aryl methyl sites for hydroxylation is 1. The number of amides is 2. The zero-order valence-corrected chi connectivity index (χ0v) is 19.4. The van der Waals surface area contributed by atoms with Crippen LogP contribution in [0.15, 0.2) is 76.0 Å². The summed E-state index contributed by atoms with van der Waals surface area (Å²) in [7, 11) is 0. The summed E-state index contributed by atoms with van der Waals surface area (Å²) in [5, 5.41) is 6.98. The van der Waals surface area contributed by atoms with E-state index in [0.717, 1.165) is 11.1 Å². The fourth-order valence-electron chi connectivity index (χ4n) is 3.15. The number of anilines is 2. The van der Waals surface area contributed by atoms with Crippen LogP contribution in [-0.4, -0.2) is 28.0 Å².